The predicted molar refractivity (Wildman–Crippen MR) is 112 cm³/mol. The third kappa shape index (κ3) is 3.82. The predicted octanol–water partition coefficient (Wildman–Crippen LogP) is 2.73. The molecule has 0 bridgehead atoms. The van der Waals surface area contributed by atoms with Gasteiger partial charge in [-0.1, -0.05) is 30.3 Å². The van der Waals surface area contributed by atoms with E-state index in [9.17, 15) is 13.2 Å². The fraction of sp³-hybridized carbons (Fsp3) is 0.273. The lowest BCUT2D eigenvalue weighted by Crippen LogP contribution is -2.33. The van der Waals surface area contributed by atoms with Crippen LogP contribution in [0, 0.1) is 0 Å². The molecule has 0 atom stereocenters. The lowest BCUT2D eigenvalue weighted by molar-refractivity contribution is 0.0762. The summed E-state index contributed by atoms with van der Waals surface area (Å²) in [6.07, 6.45) is 2.59. The number of carbonyl (C=O) groups excluding carboxylic acids is 1. The summed E-state index contributed by atoms with van der Waals surface area (Å²) in [7, 11) is -1.31. The van der Waals surface area contributed by atoms with Gasteiger partial charge < -0.3 is 4.90 Å². The number of hydrogen-bond donors (Lipinski definition) is 0. The minimum Gasteiger partial charge on any atom is -0.338 e. The molecule has 0 saturated heterocycles. The van der Waals surface area contributed by atoms with E-state index in [0.29, 0.717) is 25.1 Å². The number of amides is 1. The highest BCUT2D eigenvalue weighted by atomic mass is 32.2. The average Bonchev–Trinajstić information content (AvgIpc) is 2.88. The Hall–Kier alpha value is -2.93. The van der Waals surface area contributed by atoms with Crippen LogP contribution in [0.3, 0.4) is 0 Å². The molecule has 4 rings (SSSR count). The Bertz CT molecular complexity index is 1150. The number of sulfone groups is 1. The second-order valence-electron chi connectivity index (χ2n) is 7.35. The number of carbonyl (C=O) groups is 1. The molecular formula is C22H23N3O3S. The van der Waals surface area contributed by atoms with E-state index in [1.165, 1.54) is 17.7 Å². The van der Waals surface area contributed by atoms with Crippen LogP contribution < -0.4 is 0 Å². The zero-order chi connectivity index (χ0) is 20.6. The highest BCUT2D eigenvalue weighted by molar-refractivity contribution is 7.90. The third-order valence-electron chi connectivity index (χ3n) is 5.34. The summed E-state index contributed by atoms with van der Waals surface area (Å²) in [5, 5.41) is 4.70. The Morgan fingerprint density at radius 1 is 0.966 bits per heavy atom. The van der Waals surface area contributed by atoms with Crippen LogP contribution in [0.1, 0.15) is 21.6 Å². The van der Waals surface area contributed by atoms with Crippen molar-refractivity contribution in [1.82, 2.24) is 14.7 Å². The maximum absolute atomic E-state index is 13.0. The fourth-order valence-corrected chi connectivity index (χ4v) is 4.50. The first kappa shape index (κ1) is 19.4. The van der Waals surface area contributed by atoms with E-state index in [-0.39, 0.29) is 10.8 Å². The molecule has 2 aromatic carbocycles. The van der Waals surface area contributed by atoms with Crippen LogP contribution in [0.15, 0.2) is 59.5 Å². The zero-order valence-electron chi connectivity index (χ0n) is 16.5. The quantitative estimate of drug-likeness (QED) is 0.667. The molecule has 0 aliphatic carbocycles. The van der Waals surface area contributed by atoms with Crippen molar-refractivity contribution in [3.05, 3.63) is 71.4 Å². The molecule has 0 spiro atoms. The summed E-state index contributed by atoms with van der Waals surface area (Å²) in [6.45, 7) is 1.19. The Morgan fingerprint density at radius 2 is 1.62 bits per heavy atom. The standard InChI is InChI=1S/C22H23N3O3S/c1-24-21(16-6-4-3-5-7-16)19-12-14-25(15-13-20(19)23-24)22(26)17-8-10-18(11-9-17)29(2,27)28/h3-11H,12-15H2,1-2H3. The highest BCUT2D eigenvalue weighted by Gasteiger charge is 2.25. The van der Waals surface area contributed by atoms with Crippen molar-refractivity contribution in [2.45, 2.75) is 17.7 Å². The summed E-state index contributed by atoms with van der Waals surface area (Å²) in [4.78, 5) is 15.0. The highest BCUT2D eigenvalue weighted by Crippen LogP contribution is 2.28. The molecule has 2 heterocycles. The first-order chi connectivity index (χ1) is 13.8. The lowest BCUT2D eigenvalue weighted by atomic mass is 10.0. The number of aromatic nitrogens is 2. The number of rotatable bonds is 3. The van der Waals surface area contributed by atoms with Crippen LogP contribution in [-0.2, 0) is 29.7 Å². The molecule has 0 unspecified atom stereocenters. The van der Waals surface area contributed by atoms with Crippen molar-refractivity contribution in [3.63, 3.8) is 0 Å². The van der Waals surface area contributed by atoms with Gasteiger partial charge in [-0.15, -0.1) is 0 Å². The van der Waals surface area contributed by atoms with Crippen molar-refractivity contribution in [3.8, 4) is 11.3 Å². The summed E-state index contributed by atoms with van der Waals surface area (Å²) >= 11 is 0. The Labute approximate surface area is 170 Å². The van der Waals surface area contributed by atoms with E-state index in [2.05, 4.69) is 12.1 Å². The van der Waals surface area contributed by atoms with Crippen LogP contribution >= 0.6 is 0 Å². The molecule has 1 aliphatic rings. The first-order valence-electron chi connectivity index (χ1n) is 9.54. The van der Waals surface area contributed by atoms with E-state index in [1.807, 2.05) is 34.8 Å². The second kappa shape index (κ2) is 7.48. The van der Waals surface area contributed by atoms with Crippen molar-refractivity contribution in [2.24, 2.45) is 7.05 Å². The van der Waals surface area contributed by atoms with Crippen molar-refractivity contribution in [1.29, 1.82) is 0 Å². The molecule has 6 nitrogen and oxygen atoms in total. The van der Waals surface area contributed by atoms with Gasteiger partial charge in [-0.25, -0.2) is 8.42 Å². The van der Waals surface area contributed by atoms with Crippen LogP contribution in [-0.4, -0.2) is 48.4 Å². The first-order valence-corrected chi connectivity index (χ1v) is 11.4. The molecule has 1 aromatic heterocycles. The normalized spacial score (nSPS) is 14.3. The molecule has 0 saturated carbocycles. The van der Waals surface area contributed by atoms with Gasteiger partial charge in [-0.3, -0.25) is 9.48 Å². The van der Waals surface area contributed by atoms with Gasteiger partial charge in [0.2, 0.25) is 0 Å². The van der Waals surface area contributed by atoms with Crippen LogP contribution in [0.2, 0.25) is 0 Å². The largest absolute Gasteiger partial charge is 0.338 e. The van der Waals surface area contributed by atoms with E-state index in [0.717, 1.165) is 29.6 Å². The zero-order valence-corrected chi connectivity index (χ0v) is 17.3. The summed E-state index contributed by atoms with van der Waals surface area (Å²) in [5.74, 6) is -0.0826. The Kier molecular flexibility index (Phi) is 5.00. The van der Waals surface area contributed by atoms with E-state index in [1.54, 1.807) is 12.1 Å². The lowest BCUT2D eigenvalue weighted by Gasteiger charge is -2.20. The average molecular weight is 410 g/mol. The van der Waals surface area contributed by atoms with Gasteiger partial charge in [-0.05, 0) is 30.7 Å². The maximum atomic E-state index is 13.0. The van der Waals surface area contributed by atoms with Crippen LogP contribution in [0.5, 0.6) is 0 Å². The van der Waals surface area contributed by atoms with Crippen molar-refractivity contribution in [2.75, 3.05) is 19.3 Å². The van der Waals surface area contributed by atoms with Gasteiger partial charge >= 0.3 is 0 Å². The number of hydrogen-bond acceptors (Lipinski definition) is 4. The SMILES string of the molecule is Cn1nc2c(c1-c1ccccc1)CCN(C(=O)c1ccc(S(C)(=O)=O)cc1)CC2. The van der Waals surface area contributed by atoms with E-state index in [4.69, 9.17) is 5.10 Å². The number of benzene rings is 2. The van der Waals surface area contributed by atoms with E-state index < -0.39 is 9.84 Å². The Morgan fingerprint density at radius 3 is 2.28 bits per heavy atom. The summed E-state index contributed by atoms with van der Waals surface area (Å²) in [6, 6.07) is 16.3. The Balaban J connectivity index is 1.56. The van der Waals surface area contributed by atoms with Crippen molar-refractivity contribution < 1.29 is 13.2 Å². The van der Waals surface area contributed by atoms with Gasteiger partial charge in [0.15, 0.2) is 9.84 Å². The monoisotopic (exact) mass is 409 g/mol. The van der Waals surface area contributed by atoms with Gasteiger partial charge in [0.25, 0.3) is 5.91 Å². The minimum absolute atomic E-state index is 0.0826. The van der Waals surface area contributed by atoms with E-state index >= 15 is 0 Å². The van der Waals surface area contributed by atoms with Crippen LogP contribution in [0.25, 0.3) is 11.3 Å². The molecule has 150 valence electrons. The summed E-state index contributed by atoms with van der Waals surface area (Å²) < 4.78 is 25.2. The molecule has 0 fully saturated rings. The molecule has 29 heavy (non-hydrogen) atoms. The molecule has 3 aromatic rings. The molecular weight excluding hydrogens is 386 g/mol. The topological polar surface area (TPSA) is 72.3 Å². The fourth-order valence-electron chi connectivity index (χ4n) is 3.87. The minimum atomic E-state index is -3.28. The molecule has 0 radical (unpaired) electrons. The molecule has 1 amide bonds. The molecule has 0 N–H and O–H groups in total. The molecule has 7 heteroatoms. The third-order valence-corrected chi connectivity index (χ3v) is 6.47. The van der Waals surface area contributed by atoms with Gasteiger partial charge in [0, 0.05) is 49.5 Å². The number of aryl methyl sites for hydroxylation is 1. The van der Waals surface area contributed by atoms with Gasteiger partial charge in [0.05, 0.1) is 16.3 Å². The molecule has 1 aliphatic heterocycles. The summed E-state index contributed by atoms with van der Waals surface area (Å²) in [5.41, 5.74) is 4.96. The van der Waals surface area contributed by atoms with Crippen LogP contribution in [0.4, 0.5) is 0 Å². The van der Waals surface area contributed by atoms with Crippen molar-refractivity contribution >= 4 is 15.7 Å². The maximum Gasteiger partial charge on any atom is 0.253 e. The smallest absolute Gasteiger partial charge is 0.253 e. The number of nitrogens with zero attached hydrogens (tertiary/aromatic N) is 3. The second-order valence-corrected chi connectivity index (χ2v) is 9.37. The van der Waals surface area contributed by atoms with Gasteiger partial charge in [0.1, 0.15) is 0 Å². The number of fused-ring (bicyclic) bond motifs is 1. The van der Waals surface area contributed by atoms with Gasteiger partial charge in [-0.2, -0.15) is 5.10 Å².